The Hall–Kier alpha value is -6.84. The van der Waals surface area contributed by atoms with Crippen molar-refractivity contribution in [2.75, 3.05) is 0 Å². The molecule has 0 radical (unpaired) electrons. The van der Waals surface area contributed by atoms with E-state index in [1.54, 1.807) is 0 Å². The van der Waals surface area contributed by atoms with E-state index in [0.717, 1.165) is 49.9 Å². The average molecular weight is 651 g/mol. The van der Waals surface area contributed by atoms with Gasteiger partial charge in [0.25, 0.3) is 0 Å². The lowest BCUT2D eigenvalue weighted by Crippen LogP contribution is -1.95. The van der Waals surface area contributed by atoms with Crippen LogP contribution in [0, 0.1) is 0 Å². The molecule has 0 aliphatic rings. The molecule has 0 unspecified atom stereocenters. The van der Waals surface area contributed by atoms with Gasteiger partial charge in [-0.25, -0.2) is 0 Å². The zero-order chi connectivity index (χ0) is 33.5. The molecule has 0 amide bonds. The van der Waals surface area contributed by atoms with E-state index in [1.807, 2.05) is 0 Å². The van der Waals surface area contributed by atoms with Gasteiger partial charge >= 0.3 is 0 Å². The van der Waals surface area contributed by atoms with Gasteiger partial charge in [-0.3, -0.25) is 0 Å². The van der Waals surface area contributed by atoms with E-state index >= 15 is 0 Å². The lowest BCUT2D eigenvalue weighted by atomic mass is 10.0. The number of furan rings is 1. The van der Waals surface area contributed by atoms with E-state index in [2.05, 4.69) is 191 Å². The fourth-order valence-corrected chi connectivity index (χ4v) is 8.17. The molecule has 3 heteroatoms. The Morgan fingerprint density at radius 1 is 0.314 bits per heavy atom. The molecule has 0 N–H and O–H groups in total. The van der Waals surface area contributed by atoms with Crippen LogP contribution in [0.3, 0.4) is 0 Å². The fourth-order valence-electron chi connectivity index (χ4n) is 8.17. The first-order chi connectivity index (χ1) is 25.3. The van der Waals surface area contributed by atoms with Gasteiger partial charge in [-0.15, -0.1) is 0 Å². The molecule has 51 heavy (non-hydrogen) atoms. The summed E-state index contributed by atoms with van der Waals surface area (Å²) in [5.74, 6) is 0. The predicted molar refractivity (Wildman–Crippen MR) is 213 cm³/mol. The van der Waals surface area contributed by atoms with Crippen molar-refractivity contribution in [3.05, 3.63) is 182 Å². The Morgan fingerprint density at radius 3 is 1.39 bits per heavy atom. The van der Waals surface area contributed by atoms with Gasteiger partial charge in [0, 0.05) is 43.7 Å². The van der Waals surface area contributed by atoms with Crippen LogP contribution in [0.5, 0.6) is 0 Å². The van der Waals surface area contributed by atoms with E-state index in [-0.39, 0.29) is 0 Å². The zero-order valence-corrected chi connectivity index (χ0v) is 27.6. The van der Waals surface area contributed by atoms with Crippen molar-refractivity contribution in [2.24, 2.45) is 0 Å². The van der Waals surface area contributed by atoms with Gasteiger partial charge in [-0.1, -0.05) is 121 Å². The number of para-hydroxylation sites is 3. The first kappa shape index (κ1) is 28.0. The molecule has 0 atom stereocenters. The SMILES string of the molecule is c1ccc(-c2ccc3c(c2)oc2c3ccc3c4ccccc4n(-c4ccc(-c5ccc(-n6c7ccccc7c7ccccc76)cc5)cc4)c32)cc1. The average Bonchev–Trinajstić information content (AvgIpc) is 3.86. The molecule has 11 aromatic rings. The molecule has 0 saturated carbocycles. The first-order valence-corrected chi connectivity index (χ1v) is 17.4. The summed E-state index contributed by atoms with van der Waals surface area (Å²) in [5.41, 5.74) is 13.5. The van der Waals surface area contributed by atoms with E-state index in [1.165, 1.54) is 49.3 Å². The van der Waals surface area contributed by atoms with Gasteiger partial charge in [0.15, 0.2) is 5.58 Å². The summed E-state index contributed by atoms with van der Waals surface area (Å²) < 4.78 is 11.5. The van der Waals surface area contributed by atoms with E-state index in [9.17, 15) is 0 Å². The second-order valence-corrected chi connectivity index (χ2v) is 13.3. The van der Waals surface area contributed by atoms with Gasteiger partial charge in [0.2, 0.25) is 0 Å². The Morgan fingerprint density at radius 2 is 0.765 bits per heavy atom. The van der Waals surface area contributed by atoms with Gasteiger partial charge in [-0.2, -0.15) is 0 Å². The monoisotopic (exact) mass is 650 g/mol. The maximum absolute atomic E-state index is 6.79. The van der Waals surface area contributed by atoms with Gasteiger partial charge in [0.05, 0.1) is 22.1 Å². The molecule has 0 fully saturated rings. The van der Waals surface area contributed by atoms with Crippen molar-refractivity contribution >= 4 is 65.6 Å². The summed E-state index contributed by atoms with van der Waals surface area (Å²) in [6.45, 7) is 0. The van der Waals surface area contributed by atoms with Crippen molar-refractivity contribution in [3.63, 3.8) is 0 Å². The Bertz CT molecular complexity index is 3050. The highest BCUT2D eigenvalue weighted by Crippen LogP contribution is 2.41. The Labute approximate surface area is 293 Å². The van der Waals surface area contributed by atoms with Gasteiger partial charge < -0.3 is 13.6 Å². The number of aromatic nitrogens is 2. The van der Waals surface area contributed by atoms with Gasteiger partial charge in [-0.05, 0) is 82.9 Å². The summed E-state index contributed by atoms with van der Waals surface area (Å²) in [6, 6.07) is 65.3. The molecule has 0 saturated heterocycles. The molecular weight excluding hydrogens is 621 g/mol. The molecule has 0 aliphatic carbocycles. The smallest absolute Gasteiger partial charge is 0.160 e. The van der Waals surface area contributed by atoms with E-state index < -0.39 is 0 Å². The third-order valence-corrected chi connectivity index (χ3v) is 10.5. The normalized spacial score (nSPS) is 11.9. The zero-order valence-electron chi connectivity index (χ0n) is 27.6. The Kier molecular flexibility index (Phi) is 5.96. The van der Waals surface area contributed by atoms with Gasteiger partial charge in [0.1, 0.15) is 5.58 Å². The quantitative estimate of drug-likeness (QED) is 0.186. The molecule has 3 aromatic heterocycles. The first-order valence-electron chi connectivity index (χ1n) is 17.4. The van der Waals surface area contributed by atoms with Crippen LogP contribution in [0.4, 0.5) is 0 Å². The third-order valence-electron chi connectivity index (χ3n) is 10.5. The van der Waals surface area contributed by atoms with Crippen molar-refractivity contribution in [1.82, 2.24) is 9.13 Å². The number of hydrogen-bond donors (Lipinski definition) is 0. The van der Waals surface area contributed by atoms with Crippen molar-refractivity contribution in [3.8, 4) is 33.6 Å². The number of nitrogens with zero attached hydrogens (tertiary/aromatic N) is 2. The maximum atomic E-state index is 6.79. The summed E-state index contributed by atoms with van der Waals surface area (Å²) >= 11 is 0. The summed E-state index contributed by atoms with van der Waals surface area (Å²) in [7, 11) is 0. The summed E-state index contributed by atoms with van der Waals surface area (Å²) in [5, 5.41) is 7.20. The van der Waals surface area contributed by atoms with Crippen LogP contribution in [0.25, 0.3) is 99.2 Å². The largest absolute Gasteiger partial charge is 0.454 e. The number of hydrogen-bond acceptors (Lipinski definition) is 1. The topological polar surface area (TPSA) is 23.0 Å². The van der Waals surface area contributed by atoms with Crippen molar-refractivity contribution in [2.45, 2.75) is 0 Å². The number of fused-ring (bicyclic) bond motifs is 10. The highest BCUT2D eigenvalue weighted by Gasteiger charge is 2.19. The molecule has 8 aromatic carbocycles. The highest BCUT2D eigenvalue weighted by molar-refractivity contribution is 6.21. The minimum Gasteiger partial charge on any atom is -0.454 e. The molecule has 11 rings (SSSR count). The molecule has 238 valence electrons. The van der Waals surface area contributed by atoms with Crippen LogP contribution in [0.2, 0.25) is 0 Å². The van der Waals surface area contributed by atoms with Crippen LogP contribution < -0.4 is 0 Å². The minimum atomic E-state index is 0.898. The van der Waals surface area contributed by atoms with Crippen molar-refractivity contribution < 1.29 is 4.42 Å². The Balaban J connectivity index is 1.02. The van der Waals surface area contributed by atoms with Crippen LogP contribution >= 0.6 is 0 Å². The molecular formula is C48H30N2O. The number of benzene rings is 8. The van der Waals surface area contributed by atoms with Crippen LogP contribution in [-0.4, -0.2) is 9.13 Å². The summed E-state index contributed by atoms with van der Waals surface area (Å²) in [6.07, 6.45) is 0. The van der Waals surface area contributed by atoms with E-state index in [0.29, 0.717) is 0 Å². The standard InChI is InChI=1S/C48H30N2O/c1-2-10-31(11-3-1)34-22-27-40-42-29-28-41-39-14-6-9-17-45(39)50(47(41)48(42)51-46(40)30-34)36-25-20-33(21-26-36)32-18-23-35(24-19-32)49-43-15-7-4-12-37(43)38-13-5-8-16-44(38)49/h1-30H. The van der Waals surface area contributed by atoms with Crippen LogP contribution in [0.15, 0.2) is 186 Å². The van der Waals surface area contributed by atoms with Crippen molar-refractivity contribution in [1.29, 1.82) is 0 Å². The van der Waals surface area contributed by atoms with Crippen LogP contribution in [-0.2, 0) is 0 Å². The highest BCUT2D eigenvalue weighted by atomic mass is 16.3. The lowest BCUT2D eigenvalue weighted by molar-refractivity contribution is 0.671. The fraction of sp³-hybridized carbons (Fsp3) is 0. The number of rotatable bonds is 4. The molecule has 0 spiro atoms. The molecule has 3 heterocycles. The molecule has 0 bridgehead atoms. The summed E-state index contributed by atoms with van der Waals surface area (Å²) in [4.78, 5) is 0. The second-order valence-electron chi connectivity index (χ2n) is 13.3. The minimum absolute atomic E-state index is 0.898. The van der Waals surface area contributed by atoms with Crippen LogP contribution in [0.1, 0.15) is 0 Å². The van der Waals surface area contributed by atoms with E-state index in [4.69, 9.17) is 4.42 Å². The predicted octanol–water partition coefficient (Wildman–Crippen LogP) is 13.1. The molecule has 3 nitrogen and oxygen atoms in total. The lowest BCUT2D eigenvalue weighted by Gasteiger charge is -2.11. The molecule has 0 aliphatic heterocycles. The third kappa shape index (κ3) is 4.19. The maximum Gasteiger partial charge on any atom is 0.160 e. The second kappa shape index (κ2) is 10.8.